The summed E-state index contributed by atoms with van der Waals surface area (Å²) in [6, 6.07) is 11.8. The number of amides is 1. The Labute approximate surface area is 239 Å². The van der Waals surface area contributed by atoms with Crippen LogP contribution in [-0.4, -0.2) is 48.3 Å². The van der Waals surface area contributed by atoms with E-state index >= 15 is 0 Å². The number of alkyl halides is 3. The number of carbonyl (C=O) groups excluding carboxylic acids is 1. The van der Waals surface area contributed by atoms with E-state index in [0.29, 0.717) is 24.2 Å². The molecule has 0 atom stereocenters. The van der Waals surface area contributed by atoms with E-state index in [4.69, 9.17) is 21.1 Å². The monoisotopic (exact) mass is 633 g/mol. The number of fused-ring (bicyclic) bond motifs is 1. The highest BCUT2D eigenvalue weighted by atomic mass is 35.5. The minimum Gasteiger partial charge on any atom is -0.486 e. The second-order valence-electron chi connectivity index (χ2n) is 8.61. The van der Waals surface area contributed by atoms with Gasteiger partial charge in [0.2, 0.25) is 15.9 Å². The van der Waals surface area contributed by atoms with Crippen LogP contribution in [0.3, 0.4) is 0 Å². The Morgan fingerprint density at radius 2 is 1.56 bits per heavy atom. The van der Waals surface area contributed by atoms with E-state index in [1.807, 2.05) is 0 Å². The molecule has 0 bridgehead atoms. The van der Waals surface area contributed by atoms with Crippen molar-refractivity contribution in [3.8, 4) is 11.5 Å². The van der Waals surface area contributed by atoms with Crippen LogP contribution in [0.5, 0.6) is 11.5 Å². The molecule has 3 aromatic carbocycles. The van der Waals surface area contributed by atoms with Gasteiger partial charge in [0.05, 0.1) is 26.9 Å². The van der Waals surface area contributed by atoms with Crippen molar-refractivity contribution >= 4 is 54.6 Å². The topological polar surface area (TPSA) is 131 Å². The van der Waals surface area contributed by atoms with E-state index in [1.54, 1.807) is 6.07 Å². The molecular weight excluding hydrogens is 611 g/mol. The highest BCUT2D eigenvalue weighted by Gasteiger charge is 2.34. The Hall–Kier alpha value is -3.69. The van der Waals surface area contributed by atoms with Gasteiger partial charge in [-0.15, -0.1) is 0 Å². The fraction of sp³-hybridized carbons (Fsp3) is 0.240. The average Bonchev–Trinajstić information content (AvgIpc) is 2.92. The molecule has 0 unspecified atom stereocenters. The Bertz CT molecular complexity index is 1670. The van der Waals surface area contributed by atoms with Crippen molar-refractivity contribution in [2.75, 3.05) is 39.9 Å². The molecule has 0 radical (unpaired) electrons. The van der Waals surface area contributed by atoms with Crippen molar-refractivity contribution in [1.29, 1.82) is 0 Å². The quantitative estimate of drug-likeness (QED) is 0.348. The molecule has 3 aromatic rings. The van der Waals surface area contributed by atoms with Crippen LogP contribution in [0.25, 0.3) is 0 Å². The zero-order valence-electron chi connectivity index (χ0n) is 21.2. The molecule has 16 heteroatoms. The third-order valence-corrected chi connectivity index (χ3v) is 9.24. The molecule has 1 aliphatic rings. The third-order valence-electron chi connectivity index (χ3n) is 5.77. The highest BCUT2D eigenvalue weighted by molar-refractivity contribution is 7.93. The van der Waals surface area contributed by atoms with E-state index in [-0.39, 0.29) is 34.3 Å². The zero-order chi connectivity index (χ0) is 30.0. The van der Waals surface area contributed by atoms with Gasteiger partial charge in [0.15, 0.2) is 11.5 Å². The van der Waals surface area contributed by atoms with Crippen LogP contribution in [-0.2, 0) is 31.0 Å². The van der Waals surface area contributed by atoms with Gasteiger partial charge in [0.25, 0.3) is 10.0 Å². The van der Waals surface area contributed by atoms with Gasteiger partial charge in [0.1, 0.15) is 19.8 Å². The molecule has 10 nitrogen and oxygen atoms in total. The third kappa shape index (κ3) is 7.15. The maximum Gasteiger partial charge on any atom is 0.417 e. The first-order chi connectivity index (χ1) is 19.2. The highest BCUT2D eigenvalue weighted by Crippen LogP contribution is 2.37. The molecule has 4 rings (SSSR count). The smallest absolute Gasteiger partial charge is 0.417 e. The molecule has 2 N–H and O–H groups in total. The molecule has 0 saturated heterocycles. The van der Waals surface area contributed by atoms with Crippen molar-refractivity contribution in [3.05, 3.63) is 71.2 Å². The number of anilines is 3. The summed E-state index contributed by atoms with van der Waals surface area (Å²) in [7, 11) is -8.19. The van der Waals surface area contributed by atoms with Crippen LogP contribution in [0.1, 0.15) is 12.5 Å². The van der Waals surface area contributed by atoms with Gasteiger partial charge in [-0.25, -0.2) is 16.8 Å². The standard InChI is InChI=1S/C25H23ClF3N3O7S2/c1-2-40(34,35)32(18-6-10-22-23(14-18)39-12-11-38-22)15-24(33)30-16-3-7-19(8-4-16)41(36,37)31-17-5-9-21(26)20(13-17)25(27,28)29/h3-10,13-14,31H,2,11-12,15H2,1H3,(H,30,33). The number of benzene rings is 3. The maximum absolute atomic E-state index is 13.1. The van der Waals surface area contributed by atoms with Gasteiger partial charge in [-0.3, -0.25) is 13.8 Å². The molecule has 1 heterocycles. The van der Waals surface area contributed by atoms with Gasteiger partial charge in [-0.05, 0) is 61.5 Å². The fourth-order valence-electron chi connectivity index (χ4n) is 3.76. The molecule has 1 amide bonds. The Morgan fingerprint density at radius 1 is 0.927 bits per heavy atom. The lowest BCUT2D eigenvalue weighted by Crippen LogP contribution is -2.39. The lowest BCUT2D eigenvalue weighted by molar-refractivity contribution is -0.137. The second kappa shape index (κ2) is 11.7. The second-order valence-corrected chi connectivity index (χ2v) is 12.9. The Balaban J connectivity index is 1.48. The van der Waals surface area contributed by atoms with Gasteiger partial charge < -0.3 is 14.8 Å². The number of carbonyl (C=O) groups is 1. The molecule has 0 fully saturated rings. The van der Waals surface area contributed by atoms with Crippen LogP contribution < -0.4 is 23.8 Å². The van der Waals surface area contributed by atoms with Crippen LogP contribution in [0.2, 0.25) is 5.02 Å². The zero-order valence-corrected chi connectivity index (χ0v) is 23.6. The number of ether oxygens (including phenoxy) is 2. The number of hydrogen-bond acceptors (Lipinski definition) is 7. The largest absolute Gasteiger partial charge is 0.486 e. The molecule has 0 aliphatic carbocycles. The van der Waals surface area contributed by atoms with E-state index in [2.05, 4.69) is 10.0 Å². The summed E-state index contributed by atoms with van der Waals surface area (Å²) in [6.45, 7) is 1.48. The minimum absolute atomic E-state index is 0.149. The Kier molecular flexibility index (Phi) is 8.61. The molecule has 0 aromatic heterocycles. The number of hydrogen-bond donors (Lipinski definition) is 2. The van der Waals surface area contributed by atoms with E-state index < -0.39 is 49.3 Å². The lowest BCUT2D eigenvalue weighted by Gasteiger charge is -2.25. The predicted octanol–water partition coefficient (Wildman–Crippen LogP) is 4.73. The lowest BCUT2D eigenvalue weighted by atomic mass is 10.2. The first kappa shape index (κ1) is 30.3. The van der Waals surface area contributed by atoms with Crippen molar-refractivity contribution in [1.82, 2.24) is 0 Å². The number of rotatable bonds is 9. The fourth-order valence-corrected chi connectivity index (χ4v) is 6.10. The predicted molar refractivity (Wildman–Crippen MR) is 147 cm³/mol. The van der Waals surface area contributed by atoms with Crippen LogP contribution in [0.4, 0.5) is 30.2 Å². The first-order valence-corrected chi connectivity index (χ1v) is 15.4. The van der Waals surface area contributed by atoms with Gasteiger partial charge >= 0.3 is 6.18 Å². The molecule has 220 valence electrons. The number of halogens is 4. The maximum atomic E-state index is 13.1. The van der Waals surface area contributed by atoms with E-state index in [1.165, 1.54) is 31.2 Å². The molecular formula is C25H23ClF3N3O7S2. The molecule has 0 saturated carbocycles. The van der Waals surface area contributed by atoms with Crippen LogP contribution >= 0.6 is 11.6 Å². The minimum atomic E-state index is -4.79. The summed E-state index contributed by atoms with van der Waals surface area (Å²) >= 11 is 5.58. The van der Waals surface area contributed by atoms with Gasteiger partial charge in [-0.1, -0.05) is 11.6 Å². The molecule has 0 spiro atoms. The number of nitrogens with zero attached hydrogens (tertiary/aromatic N) is 1. The van der Waals surface area contributed by atoms with Crippen molar-refractivity contribution in [2.45, 2.75) is 18.0 Å². The summed E-state index contributed by atoms with van der Waals surface area (Å²) in [5.41, 5.74) is -1.21. The summed E-state index contributed by atoms with van der Waals surface area (Å²) in [4.78, 5) is 12.5. The van der Waals surface area contributed by atoms with Crippen molar-refractivity contribution < 1.29 is 44.3 Å². The summed E-state index contributed by atoms with van der Waals surface area (Å²) in [6.07, 6.45) is -4.79. The van der Waals surface area contributed by atoms with Crippen LogP contribution in [0, 0.1) is 0 Å². The Morgan fingerprint density at radius 3 is 2.20 bits per heavy atom. The SMILES string of the molecule is CCS(=O)(=O)N(CC(=O)Nc1ccc(S(=O)(=O)Nc2ccc(Cl)c(C(F)(F)F)c2)cc1)c1ccc2c(c1)OCCO2. The summed E-state index contributed by atoms with van der Waals surface area (Å²) in [5, 5.41) is 1.92. The van der Waals surface area contributed by atoms with Gasteiger partial charge in [-0.2, -0.15) is 13.2 Å². The summed E-state index contributed by atoms with van der Waals surface area (Å²) < 4.78 is 104. The molecule has 1 aliphatic heterocycles. The van der Waals surface area contributed by atoms with Crippen LogP contribution in [0.15, 0.2) is 65.6 Å². The van der Waals surface area contributed by atoms with Crippen molar-refractivity contribution in [2.24, 2.45) is 0 Å². The summed E-state index contributed by atoms with van der Waals surface area (Å²) in [5.74, 6) is -0.220. The molecule has 41 heavy (non-hydrogen) atoms. The van der Waals surface area contributed by atoms with Crippen molar-refractivity contribution in [3.63, 3.8) is 0 Å². The number of nitrogens with one attached hydrogen (secondary N) is 2. The normalized spacial score (nSPS) is 13.4. The first-order valence-electron chi connectivity index (χ1n) is 11.9. The van der Waals surface area contributed by atoms with E-state index in [0.717, 1.165) is 28.6 Å². The number of sulfonamides is 2. The van der Waals surface area contributed by atoms with E-state index in [9.17, 15) is 34.8 Å². The average molecular weight is 634 g/mol. The van der Waals surface area contributed by atoms with Gasteiger partial charge in [0, 0.05) is 17.4 Å².